The molecule has 1 aliphatic rings. The van der Waals surface area contributed by atoms with Gasteiger partial charge in [0.05, 0.1) is 12.0 Å². The molecule has 1 aromatic carbocycles. The predicted octanol–water partition coefficient (Wildman–Crippen LogP) is 1.20. The molecule has 1 atom stereocenters. The van der Waals surface area contributed by atoms with Gasteiger partial charge in [0.2, 0.25) is 5.91 Å². The Morgan fingerprint density at radius 1 is 1.38 bits per heavy atom. The van der Waals surface area contributed by atoms with E-state index in [1.165, 1.54) is 36.3 Å². The molecule has 0 aliphatic carbocycles. The van der Waals surface area contributed by atoms with Crippen molar-refractivity contribution < 1.29 is 14.0 Å². The molecule has 0 saturated heterocycles. The number of benzene rings is 1. The van der Waals surface area contributed by atoms with Crippen LogP contribution in [0.15, 0.2) is 35.6 Å². The lowest BCUT2D eigenvalue weighted by atomic mass is 9.87. The van der Waals surface area contributed by atoms with Crippen molar-refractivity contribution in [3.8, 4) is 0 Å². The third-order valence-corrected chi connectivity index (χ3v) is 4.40. The van der Waals surface area contributed by atoms with Gasteiger partial charge in [-0.05, 0) is 25.1 Å². The van der Waals surface area contributed by atoms with Crippen LogP contribution in [0.1, 0.15) is 29.5 Å². The van der Waals surface area contributed by atoms with E-state index in [4.69, 9.17) is 5.73 Å². The molecular formula is C17H19FN6O2. The van der Waals surface area contributed by atoms with Crippen LogP contribution in [0, 0.1) is 5.82 Å². The van der Waals surface area contributed by atoms with Gasteiger partial charge in [-0.2, -0.15) is 0 Å². The van der Waals surface area contributed by atoms with Crippen molar-refractivity contribution in [2.75, 3.05) is 12.4 Å². The fourth-order valence-electron chi connectivity index (χ4n) is 2.85. The van der Waals surface area contributed by atoms with Crippen molar-refractivity contribution in [3.63, 3.8) is 0 Å². The first kappa shape index (κ1) is 17.6. The predicted molar refractivity (Wildman–Crippen MR) is 93.9 cm³/mol. The minimum Gasteiger partial charge on any atom is -0.369 e. The lowest BCUT2D eigenvalue weighted by Gasteiger charge is -2.34. The van der Waals surface area contributed by atoms with Crippen LogP contribution in [0.5, 0.6) is 0 Å². The van der Waals surface area contributed by atoms with E-state index in [-0.39, 0.29) is 29.7 Å². The van der Waals surface area contributed by atoms with Gasteiger partial charge in [0, 0.05) is 37.7 Å². The first-order valence-electron chi connectivity index (χ1n) is 7.92. The van der Waals surface area contributed by atoms with Gasteiger partial charge in [-0.15, -0.1) is 0 Å². The molecule has 0 spiro atoms. The maximum absolute atomic E-state index is 14.5. The molecule has 8 nitrogen and oxygen atoms in total. The topological polar surface area (TPSA) is 106 Å². The molecule has 2 heterocycles. The van der Waals surface area contributed by atoms with Crippen molar-refractivity contribution >= 4 is 23.5 Å². The smallest absolute Gasteiger partial charge is 0.291 e. The molecule has 2 aromatic rings. The molecule has 0 saturated carbocycles. The number of rotatable bonds is 3. The number of aliphatic imine (C=N–C) groups is 1. The van der Waals surface area contributed by atoms with Gasteiger partial charge in [0.1, 0.15) is 5.82 Å². The third-order valence-electron chi connectivity index (χ3n) is 4.40. The summed E-state index contributed by atoms with van der Waals surface area (Å²) < 4.78 is 16.0. The zero-order valence-corrected chi connectivity index (χ0v) is 14.7. The summed E-state index contributed by atoms with van der Waals surface area (Å²) in [4.78, 5) is 33.9. The number of carbonyl (C=O) groups is 2. The molecule has 9 heteroatoms. The van der Waals surface area contributed by atoms with Gasteiger partial charge in [-0.25, -0.2) is 14.4 Å². The third kappa shape index (κ3) is 3.03. The second-order valence-corrected chi connectivity index (χ2v) is 6.38. The Bertz CT molecular complexity index is 922. The summed E-state index contributed by atoms with van der Waals surface area (Å²) in [5, 5.41) is 2.68. The van der Waals surface area contributed by atoms with Crippen molar-refractivity contribution in [2.24, 2.45) is 17.8 Å². The first-order chi connectivity index (χ1) is 12.2. The Morgan fingerprint density at radius 3 is 2.73 bits per heavy atom. The second-order valence-electron chi connectivity index (χ2n) is 6.38. The average Bonchev–Trinajstić information content (AvgIpc) is 3.00. The second kappa shape index (κ2) is 6.25. The number of nitrogens with one attached hydrogen (secondary N) is 1. The Morgan fingerprint density at radius 2 is 2.12 bits per heavy atom. The highest BCUT2D eigenvalue weighted by Crippen LogP contribution is 2.35. The Labute approximate surface area is 149 Å². The number of nitrogens with zero attached hydrogens (tertiary/aromatic N) is 4. The fourth-order valence-corrected chi connectivity index (χ4v) is 2.85. The summed E-state index contributed by atoms with van der Waals surface area (Å²) in [6, 6.07) is 4.13. The molecule has 26 heavy (non-hydrogen) atoms. The molecule has 3 N–H and O–H groups in total. The summed E-state index contributed by atoms with van der Waals surface area (Å²) in [5.74, 6) is -0.981. The number of aromatic nitrogens is 2. The van der Waals surface area contributed by atoms with Gasteiger partial charge < -0.3 is 15.6 Å². The van der Waals surface area contributed by atoms with Crippen LogP contribution in [0.25, 0.3) is 0 Å². The summed E-state index contributed by atoms with van der Waals surface area (Å²) >= 11 is 0. The Kier molecular flexibility index (Phi) is 4.23. The molecule has 1 unspecified atom stereocenters. The normalized spacial score (nSPS) is 20.1. The van der Waals surface area contributed by atoms with Gasteiger partial charge in [0.25, 0.3) is 5.91 Å². The van der Waals surface area contributed by atoms with Crippen LogP contribution in [-0.2, 0) is 17.4 Å². The van der Waals surface area contributed by atoms with E-state index in [0.29, 0.717) is 5.69 Å². The minimum absolute atomic E-state index is 0.0191. The van der Waals surface area contributed by atoms with Crippen molar-refractivity contribution in [1.29, 1.82) is 0 Å². The molecule has 0 bridgehead atoms. The zero-order chi connectivity index (χ0) is 19.1. The van der Waals surface area contributed by atoms with E-state index in [2.05, 4.69) is 15.3 Å². The van der Waals surface area contributed by atoms with E-state index in [1.54, 1.807) is 24.7 Å². The average molecular weight is 358 g/mol. The number of hydrogen-bond donors (Lipinski definition) is 2. The van der Waals surface area contributed by atoms with Crippen LogP contribution in [0.4, 0.5) is 10.1 Å². The van der Waals surface area contributed by atoms with E-state index in [0.717, 1.165) is 0 Å². The van der Waals surface area contributed by atoms with Crippen molar-refractivity contribution in [3.05, 3.63) is 47.8 Å². The minimum atomic E-state index is -1.15. The molecule has 3 rings (SSSR count). The van der Waals surface area contributed by atoms with Gasteiger partial charge in [0.15, 0.2) is 11.8 Å². The number of guanidine groups is 1. The zero-order valence-electron chi connectivity index (χ0n) is 14.7. The number of aryl methyl sites for hydroxylation is 1. The maximum atomic E-state index is 14.5. The van der Waals surface area contributed by atoms with Crippen LogP contribution < -0.4 is 11.1 Å². The number of imidazole rings is 1. The Balaban J connectivity index is 1.95. The molecule has 136 valence electrons. The molecule has 2 amide bonds. The number of nitrogens with two attached hydrogens (primary N) is 1. The van der Waals surface area contributed by atoms with Crippen LogP contribution in [0.3, 0.4) is 0 Å². The quantitative estimate of drug-likeness (QED) is 0.860. The number of anilines is 1. The summed E-state index contributed by atoms with van der Waals surface area (Å²) in [5.41, 5.74) is 5.18. The van der Waals surface area contributed by atoms with E-state index in [1.807, 2.05) is 0 Å². The van der Waals surface area contributed by atoms with E-state index >= 15 is 0 Å². The van der Waals surface area contributed by atoms with Crippen LogP contribution in [0.2, 0.25) is 0 Å². The highest BCUT2D eigenvalue weighted by atomic mass is 19.1. The number of halogens is 1. The number of hydrogen-bond acceptors (Lipinski definition) is 5. The molecular weight excluding hydrogens is 339 g/mol. The van der Waals surface area contributed by atoms with Crippen LogP contribution in [-0.4, -0.2) is 39.3 Å². The summed E-state index contributed by atoms with van der Waals surface area (Å²) in [6.07, 6.45) is 3.12. The molecule has 1 aromatic heterocycles. The lowest BCUT2D eigenvalue weighted by Crippen LogP contribution is -2.47. The van der Waals surface area contributed by atoms with Crippen LogP contribution >= 0.6 is 0 Å². The highest BCUT2D eigenvalue weighted by Gasteiger charge is 2.38. The summed E-state index contributed by atoms with van der Waals surface area (Å²) in [6.45, 7) is 1.63. The monoisotopic (exact) mass is 358 g/mol. The molecule has 0 radical (unpaired) electrons. The first-order valence-corrected chi connectivity index (χ1v) is 7.92. The maximum Gasteiger partial charge on any atom is 0.291 e. The van der Waals surface area contributed by atoms with E-state index in [9.17, 15) is 14.0 Å². The molecule has 0 fully saturated rings. The number of carbonyl (C=O) groups excluding carboxylic acids is 2. The van der Waals surface area contributed by atoms with Gasteiger partial charge >= 0.3 is 0 Å². The number of amides is 2. The van der Waals surface area contributed by atoms with E-state index < -0.39 is 17.3 Å². The Hall–Kier alpha value is -3.23. The largest absolute Gasteiger partial charge is 0.369 e. The standard InChI is InChI=1S/C17H19FN6O2/c1-17(9-13(25)24(3)16(19)22-17)11-8-10(4-5-12(11)18)21-15(26)14-20-6-7-23(14)2/h4-8H,9H2,1-3H3,(H2,19,22)(H,21,26). The van der Waals surface area contributed by atoms with Crippen molar-refractivity contribution in [2.45, 2.75) is 18.9 Å². The van der Waals surface area contributed by atoms with Gasteiger partial charge in [-0.1, -0.05) is 0 Å². The lowest BCUT2D eigenvalue weighted by molar-refractivity contribution is -0.128. The summed E-state index contributed by atoms with van der Waals surface area (Å²) in [7, 11) is 3.21. The fraction of sp³-hybridized carbons (Fsp3) is 0.294. The molecule has 1 aliphatic heterocycles. The highest BCUT2D eigenvalue weighted by molar-refractivity contribution is 6.02. The SMILES string of the molecule is CN1C(=O)CC(C)(c2cc(NC(=O)c3nccn3C)ccc2F)N=C1N. The van der Waals surface area contributed by atoms with Gasteiger partial charge in [-0.3, -0.25) is 14.5 Å². The van der Waals surface area contributed by atoms with Crippen molar-refractivity contribution in [1.82, 2.24) is 14.5 Å².